The van der Waals surface area contributed by atoms with Gasteiger partial charge in [-0.25, -0.2) is 8.78 Å². The third-order valence-corrected chi connectivity index (χ3v) is 9.05. The molecule has 30 heavy (non-hydrogen) atoms. The fourth-order valence-corrected chi connectivity index (χ4v) is 7.87. The minimum absolute atomic E-state index is 0.0508. The molecule has 2 unspecified atom stereocenters. The minimum Gasteiger partial charge on any atom is -0.353 e. The van der Waals surface area contributed by atoms with Crippen LogP contribution in [0.1, 0.15) is 63.4 Å². The first-order valence-corrected chi connectivity index (χ1v) is 11.8. The van der Waals surface area contributed by atoms with Gasteiger partial charge in [0.25, 0.3) is 0 Å². The highest BCUT2D eigenvalue weighted by Crippen LogP contribution is 2.68. The van der Waals surface area contributed by atoms with Crippen molar-refractivity contribution in [2.24, 2.45) is 34.8 Å². The quantitative estimate of drug-likeness (QED) is 0.734. The second kappa shape index (κ2) is 7.58. The molecule has 2 atom stereocenters. The largest absolute Gasteiger partial charge is 0.353 e. The number of amides is 1. The van der Waals surface area contributed by atoms with E-state index in [0.29, 0.717) is 18.8 Å². The van der Waals surface area contributed by atoms with Crippen LogP contribution in [-0.4, -0.2) is 24.9 Å². The highest BCUT2D eigenvalue weighted by atomic mass is 19.3. The summed E-state index contributed by atoms with van der Waals surface area (Å²) in [5, 5.41) is 3.37. The lowest BCUT2D eigenvalue weighted by atomic mass is 9.40. The summed E-state index contributed by atoms with van der Waals surface area (Å²) in [7, 11) is 0. The van der Waals surface area contributed by atoms with Gasteiger partial charge in [-0.05, 0) is 93.1 Å². The van der Waals surface area contributed by atoms with Crippen molar-refractivity contribution in [2.45, 2.75) is 75.7 Å². The topological polar surface area (TPSA) is 55.1 Å². The van der Waals surface area contributed by atoms with Crippen LogP contribution < -0.4 is 11.1 Å². The fraction of sp³-hybridized carbons (Fsp3) is 0.720. The Kier molecular flexibility index (Phi) is 5.16. The first-order chi connectivity index (χ1) is 14.4. The van der Waals surface area contributed by atoms with Crippen molar-refractivity contribution in [3.05, 3.63) is 35.9 Å². The normalized spacial score (nSPS) is 42.5. The van der Waals surface area contributed by atoms with Crippen LogP contribution >= 0.6 is 0 Å². The Morgan fingerprint density at radius 1 is 1.03 bits per heavy atom. The molecule has 0 aliphatic heterocycles. The van der Waals surface area contributed by atoms with Gasteiger partial charge in [0, 0.05) is 12.0 Å². The van der Waals surface area contributed by atoms with Gasteiger partial charge in [0.15, 0.2) is 0 Å². The molecule has 5 heteroatoms. The molecule has 0 aromatic heterocycles. The molecule has 0 radical (unpaired) electrons. The summed E-state index contributed by atoms with van der Waals surface area (Å²) in [6.45, 7) is 0.725. The molecule has 5 fully saturated rings. The molecule has 3 nitrogen and oxygen atoms in total. The van der Waals surface area contributed by atoms with Crippen LogP contribution in [0.2, 0.25) is 0 Å². The maximum Gasteiger partial charge on any atom is 0.241 e. The van der Waals surface area contributed by atoms with E-state index >= 15 is 0 Å². The molecule has 6 rings (SSSR count). The van der Waals surface area contributed by atoms with Crippen LogP contribution in [0, 0.1) is 29.1 Å². The summed E-state index contributed by atoms with van der Waals surface area (Å²) in [6, 6.07) is 10.6. The van der Waals surface area contributed by atoms with Crippen molar-refractivity contribution in [2.75, 3.05) is 6.54 Å². The van der Waals surface area contributed by atoms with Crippen LogP contribution in [0.5, 0.6) is 0 Å². The number of benzene rings is 1. The van der Waals surface area contributed by atoms with Crippen LogP contribution in [0.4, 0.5) is 8.78 Å². The molecule has 0 heterocycles. The first-order valence-electron chi connectivity index (χ1n) is 11.8. The summed E-state index contributed by atoms with van der Waals surface area (Å²) in [5.74, 6) is 0.0744. The average molecular weight is 417 g/mol. The van der Waals surface area contributed by atoms with E-state index in [9.17, 15) is 13.6 Å². The number of hydrogen-bond acceptors (Lipinski definition) is 2. The second-order valence-corrected chi connectivity index (χ2v) is 10.8. The number of rotatable bonds is 5. The van der Waals surface area contributed by atoms with Crippen LogP contribution in [-0.2, 0) is 10.2 Å². The Morgan fingerprint density at radius 2 is 1.67 bits per heavy atom. The fourth-order valence-electron chi connectivity index (χ4n) is 7.87. The molecule has 1 amide bonds. The first kappa shape index (κ1) is 20.4. The Labute approximate surface area is 178 Å². The van der Waals surface area contributed by atoms with Crippen molar-refractivity contribution in [1.82, 2.24) is 5.32 Å². The van der Waals surface area contributed by atoms with E-state index in [1.807, 2.05) is 18.2 Å². The van der Waals surface area contributed by atoms with Gasteiger partial charge in [-0.15, -0.1) is 0 Å². The molecule has 5 aliphatic rings. The summed E-state index contributed by atoms with van der Waals surface area (Å²) >= 11 is 0. The van der Waals surface area contributed by atoms with Crippen molar-refractivity contribution in [3.8, 4) is 0 Å². The van der Waals surface area contributed by atoms with Gasteiger partial charge in [0.2, 0.25) is 12.3 Å². The monoisotopic (exact) mass is 416 g/mol. The predicted octanol–water partition coefficient (Wildman–Crippen LogP) is 4.65. The number of alkyl halides is 2. The lowest BCUT2D eigenvalue weighted by Crippen LogP contribution is -2.63. The van der Waals surface area contributed by atoms with E-state index in [1.165, 1.54) is 5.56 Å². The van der Waals surface area contributed by atoms with E-state index in [-0.39, 0.29) is 29.2 Å². The SMILES string of the molecule is NCC1CCC(NC(=O)C23CC4CC(c5ccccc5)(CC(C2)C4C(F)F)C3)CC1. The molecule has 1 aromatic carbocycles. The van der Waals surface area contributed by atoms with Gasteiger partial charge < -0.3 is 11.1 Å². The van der Waals surface area contributed by atoms with Crippen molar-refractivity contribution in [1.29, 1.82) is 0 Å². The van der Waals surface area contributed by atoms with Crippen LogP contribution in [0.15, 0.2) is 30.3 Å². The third-order valence-electron chi connectivity index (χ3n) is 9.05. The average Bonchev–Trinajstić information content (AvgIpc) is 2.74. The zero-order valence-electron chi connectivity index (χ0n) is 17.7. The van der Waals surface area contributed by atoms with Gasteiger partial charge in [-0.2, -0.15) is 0 Å². The zero-order chi connectivity index (χ0) is 20.9. The lowest BCUT2D eigenvalue weighted by molar-refractivity contribution is -0.172. The predicted molar refractivity (Wildman–Crippen MR) is 113 cm³/mol. The Morgan fingerprint density at radius 3 is 2.23 bits per heavy atom. The lowest BCUT2D eigenvalue weighted by Gasteiger charge is -2.64. The molecular weight excluding hydrogens is 382 g/mol. The van der Waals surface area contributed by atoms with Crippen LogP contribution in [0.25, 0.3) is 0 Å². The molecule has 164 valence electrons. The minimum atomic E-state index is -2.28. The van der Waals surface area contributed by atoms with Gasteiger partial charge in [0.1, 0.15) is 0 Å². The molecule has 0 spiro atoms. The molecular formula is C25H34F2N2O. The number of carbonyl (C=O) groups is 1. The van der Waals surface area contributed by atoms with E-state index < -0.39 is 17.8 Å². The number of nitrogens with one attached hydrogen (secondary N) is 1. The second-order valence-electron chi connectivity index (χ2n) is 10.8. The van der Waals surface area contributed by atoms with E-state index in [1.54, 1.807) is 0 Å². The Hall–Kier alpha value is -1.49. The van der Waals surface area contributed by atoms with Gasteiger partial charge in [-0.1, -0.05) is 30.3 Å². The zero-order valence-corrected chi connectivity index (χ0v) is 17.7. The highest BCUT2D eigenvalue weighted by molar-refractivity contribution is 5.84. The number of hydrogen-bond donors (Lipinski definition) is 2. The van der Waals surface area contributed by atoms with Gasteiger partial charge >= 0.3 is 0 Å². The summed E-state index contributed by atoms with van der Waals surface area (Å²) in [6.07, 6.45) is 5.53. The third kappa shape index (κ3) is 3.28. The van der Waals surface area contributed by atoms with Crippen molar-refractivity contribution >= 4 is 5.91 Å². The molecule has 3 N–H and O–H groups in total. The smallest absolute Gasteiger partial charge is 0.241 e. The number of carbonyl (C=O) groups excluding carboxylic acids is 1. The number of nitrogens with two attached hydrogens (primary N) is 1. The molecule has 4 bridgehead atoms. The van der Waals surface area contributed by atoms with Crippen molar-refractivity contribution in [3.63, 3.8) is 0 Å². The maximum atomic E-state index is 14.0. The summed E-state index contributed by atoms with van der Waals surface area (Å²) in [4.78, 5) is 13.6. The van der Waals surface area contributed by atoms with Gasteiger partial charge in [-0.3, -0.25) is 4.79 Å². The summed E-state index contributed by atoms with van der Waals surface area (Å²) < 4.78 is 27.9. The van der Waals surface area contributed by atoms with Crippen LogP contribution in [0.3, 0.4) is 0 Å². The van der Waals surface area contributed by atoms with E-state index in [4.69, 9.17) is 5.73 Å². The molecule has 0 saturated heterocycles. The highest BCUT2D eigenvalue weighted by Gasteiger charge is 2.65. The van der Waals surface area contributed by atoms with E-state index in [0.717, 1.165) is 51.5 Å². The Bertz CT molecular complexity index is 759. The van der Waals surface area contributed by atoms with Gasteiger partial charge in [0.05, 0.1) is 5.41 Å². The molecule has 5 aliphatic carbocycles. The number of halogens is 2. The Balaban J connectivity index is 1.40. The summed E-state index contributed by atoms with van der Waals surface area (Å²) in [5.41, 5.74) is 6.46. The van der Waals surface area contributed by atoms with Crippen molar-refractivity contribution < 1.29 is 13.6 Å². The standard InChI is InChI=1S/C25H34F2N2O/c26-22(27)21-17-10-24(19-4-2-1-3-5-19)11-18(21)13-25(12-17,15-24)23(30)29-20-8-6-16(14-28)7-9-20/h1-5,16-18,20-22H,6-15,28H2,(H,29,30). The molecule has 5 saturated carbocycles. The maximum absolute atomic E-state index is 14.0. The van der Waals surface area contributed by atoms with E-state index in [2.05, 4.69) is 17.4 Å². The molecule has 1 aromatic rings.